The Bertz CT molecular complexity index is 536. The maximum absolute atomic E-state index is 11.7. The van der Waals surface area contributed by atoms with Gasteiger partial charge in [-0.3, -0.25) is 15.0 Å². The van der Waals surface area contributed by atoms with Crippen LogP contribution in [0.15, 0.2) is 24.3 Å². The molecule has 1 aromatic carbocycles. The van der Waals surface area contributed by atoms with Gasteiger partial charge in [0, 0.05) is 23.5 Å². The van der Waals surface area contributed by atoms with E-state index >= 15 is 0 Å². The Morgan fingerprint density at radius 3 is 2.84 bits per heavy atom. The first-order valence-electron chi connectivity index (χ1n) is 6.34. The number of nitro groups is 1. The molecule has 1 fully saturated rings. The van der Waals surface area contributed by atoms with Crippen molar-refractivity contribution in [1.82, 2.24) is 10.4 Å². The van der Waals surface area contributed by atoms with Crippen molar-refractivity contribution in [1.29, 1.82) is 0 Å². The topological polar surface area (TPSA) is 78.6 Å². The SMILES string of the molecule is CN1CC2(NO)Cc3ccccc3C([N+](=O)[O-])(C1)C2. The second kappa shape index (κ2) is 4.00. The number of nitrogens with zero attached hydrogens (tertiary/aromatic N) is 2. The highest BCUT2D eigenvalue weighted by atomic mass is 16.6. The van der Waals surface area contributed by atoms with Gasteiger partial charge in [0.05, 0.1) is 12.1 Å². The number of likely N-dealkylation sites (N-methyl/N-ethyl adjacent to an activating group) is 1. The summed E-state index contributed by atoms with van der Waals surface area (Å²) < 4.78 is 0. The highest BCUT2D eigenvalue weighted by molar-refractivity contribution is 5.39. The molecule has 2 aliphatic rings. The molecule has 1 heterocycles. The Kier molecular flexibility index (Phi) is 2.63. The number of hydrogen-bond donors (Lipinski definition) is 2. The summed E-state index contributed by atoms with van der Waals surface area (Å²) in [5, 5.41) is 21.3. The largest absolute Gasteiger partial charge is 0.316 e. The van der Waals surface area contributed by atoms with Gasteiger partial charge in [0.15, 0.2) is 0 Å². The molecule has 6 nitrogen and oxygen atoms in total. The van der Waals surface area contributed by atoms with E-state index in [0.717, 1.165) is 11.1 Å². The van der Waals surface area contributed by atoms with Crippen molar-refractivity contribution in [3.05, 3.63) is 45.5 Å². The molecule has 1 aliphatic carbocycles. The predicted octanol–water partition coefficient (Wildman–Crippen LogP) is 0.768. The third-order valence-electron chi connectivity index (χ3n) is 4.37. The van der Waals surface area contributed by atoms with Crippen LogP contribution in [0.4, 0.5) is 0 Å². The molecule has 1 aromatic rings. The molecule has 3 rings (SSSR count). The number of piperidine rings is 1. The Morgan fingerprint density at radius 1 is 1.42 bits per heavy atom. The highest BCUT2D eigenvalue weighted by Crippen LogP contribution is 2.45. The van der Waals surface area contributed by atoms with Gasteiger partial charge in [0.25, 0.3) is 5.54 Å². The summed E-state index contributed by atoms with van der Waals surface area (Å²) in [6, 6.07) is 7.50. The molecule has 6 heteroatoms. The molecular weight excluding hydrogens is 246 g/mol. The van der Waals surface area contributed by atoms with E-state index in [9.17, 15) is 15.3 Å². The molecule has 0 amide bonds. The van der Waals surface area contributed by atoms with Crippen LogP contribution in [-0.2, 0) is 12.0 Å². The van der Waals surface area contributed by atoms with Gasteiger partial charge in [0.2, 0.25) is 0 Å². The van der Waals surface area contributed by atoms with Crippen LogP contribution in [0, 0.1) is 10.1 Å². The summed E-state index contributed by atoms with van der Waals surface area (Å²) in [5.74, 6) is 0. The molecule has 0 saturated carbocycles. The van der Waals surface area contributed by atoms with E-state index < -0.39 is 11.1 Å². The van der Waals surface area contributed by atoms with Gasteiger partial charge in [-0.2, -0.15) is 5.48 Å². The minimum Gasteiger partial charge on any atom is -0.316 e. The zero-order chi connectivity index (χ0) is 13.7. The summed E-state index contributed by atoms with van der Waals surface area (Å²) >= 11 is 0. The number of rotatable bonds is 2. The Hall–Kier alpha value is -1.50. The molecule has 2 bridgehead atoms. The number of likely N-dealkylation sites (tertiary alicyclic amines) is 1. The van der Waals surface area contributed by atoms with Gasteiger partial charge in [-0.15, -0.1) is 0 Å². The van der Waals surface area contributed by atoms with E-state index in [-0.39, 0.29) is 4.92 Å². The summed E-state index contributed by atoms with van der Waals surface area (Å²) in [5.41, 5.74) is 2.34. The fourth-order valence-electron chi connectivity index (χ4n) is 3.82. The Balaban J connectivity index is 2.22. The average molecular weight is 263 g/mol. The van der Waals surface area contributed by atoms with Gasteiger partial charge in [-0.25, -0.2) is 0 Å². The van der Waals surface area contributed by atoms with Crippen LogP contribution in [0.25, 0.3) is 0 Å². The lowest BCUT2D eigenvalue weighted by Gasteiger charge is -2.50. The van der Waals surface area contributed by atoms with E-state index in [4.69, 9.17) is 0 Å². The Morgan fingerprint density at radius 2 is 2.16 bits per heavy atom. The molecule has 1 saturated heterocycles. The summed E-state index contributed by atoms with van der Waals surface area (Å²) in [4.78, 5) is 13.5. The number of hydrogen-bond acceptors (Lipinski definition) is 5. The van der Waals surface area contributed by atoms with E-state index in [1.165, 1.54) is 0 Å². The number of nitrogens with one attached hydrogen (secondary N) is 1. The fourth-order valence-corrected chi connectivity index (χ4v) is 3.82. The molecule has 102 valence electrons. The lowest BCUT2D eigenvalue weighted by atomic mass is 9.65. The van der Waals surface area contributed by atoms with Crippen molar-refractivity contribution in [3.63, 3.8) is 0 Å². The van der Waals surface area contributed by atoms with E-state index in [2.05, 4.69) is 5.48 Å². The zero-order valence-corrected chi connectivity index (χ0v) is 10.8. The Labute approximate surface area is 111 Å². The van der Waals surface area contributed by atoms with Crippen LogP contribution in [0.1, 0.15) is 17.5 Å². The third-order valence-corrected chi connectivity index (χ3v) is 4.37. The van der Waals surface area contributed by atoms with Crippen LogP contribution in [-0.4, -0.2) is 40.7 Å². The summed E-state index contributed by atoms with van der Waals surface area (Å²) in [6.45, 7) is 0.980. The summed E-state index contributed by atoms with van der Waals surface area (Å²) in [6.07, 6.45) is 0.935. The fraction of sp³-hybridized carbons (Fsp3) is 0.538. The number of hydroxylamine groups is 1. The normalized spacial score (nSPS) is 33.8. The molecule has 0 radical (unpaired) electrons. The van der Waals surface area contributed by atoms with Crippen molar-refractivity contribution in [3.8, 4) is 0 Å². The van der Waals surface area contributed by atoms with Crippen LogP contribution >= 0.6 is 0 Å². The number of fused-ring (bicyclic) bond motifs is 4. The first-order valence-corrected chi connectivity index (χ1v) is 6.34. The van der Waals surface area contributed by atoms with Gasteiger partial charge in [-0.05, 0) is 19.0 Å². The van der Waals surface area contributed by atoms with Gasteiger partial charge < -0.3 is 5.21 Å². The predicted molar refractivity (Wildman–Crippen MR) is 68.6 cm³/mol. The lowest BCUT2D eigenvalue weighted by Crippen LogP contribution is -2.68. The molecule has 1 aliphatic heterocycles. The average Bonchev–Trinajstić information content (AvgIpc) is 2.38. The van der Waals surface area contributed by atoms with Gasteiger partial charge in [0.1, 0.15) is 0 Å². The smallest absolute Gasteiger partial charge is 0.261 e. The monoisotopic (exact) mass is 263 g/mol. The van der Waals surface area contributed by atoms with Crippen molar-refractivity contribution < 1.29 is 10.1 Å². The zero-order valence-electron chi connectivity index (χ0n) is 10.8. The second-order valence-corrected chi connectivity index (χ2v) is 5.86. The first-order chi connectivity index (χ1) is 9.01. The molecule has 2 N–H and O–H groups in total. The standard InChI is InChI=1S/C13H17N3O3/c1-15-8-12(14-17)6-10-4-2-3-5-11(10)13(7-12,9-15)16(18)19/h2-5,14,17H,6-9H2,1H3. The molecule has 0 spiro atoms. The maximum Gasteiger partial charge on any atom is 0.261 e. The van der Waals surface area contributed by atoms with E-state index in [0.29, 0.717) is 25.9 Å². The number of benzene rings is 1. The van der Waals surface area contributed by atoms with Crippen molar-refractivity contribution in [2.45, 2.75) is 23.9 Å². The molecule has 2 unspecified atom stereocenters. The van der Waals surface area contributed by atoms with Crippen LogP contribution < -0.4 is 5.48 Å². The van der Waals surface area contributed by atoms with Crippen LogP contribution in [0.3, 0.4) is 0 Å². The minimum absolute atomic E-state index is 0.188. The first kappa shape index (κ1) is 12.5. The third kappa shape index (κ3) is 1.68. The molecule has 19 heavy (non-hydrogen) atoms. The van der Waals surface area contributed by atoms with E-state index in [1.54, 1.807) is 0 Å². The van der Waals surface area contributed by atoms with Gasteiger partial charge in [-0.1, -0.05) is 24.3 Å². The molecule has 0 aromatic heterocycles. The molecule has 2 atom stereocenters. The van der Waals surface area contributed by atoms with Crippen molar-refractivity contribution in [2.75, 3.05) is 20.1 Å². The lowest BCUT2D eigenvalue weighted by molar-refractivity contribution is -0.588. The second-order valence-electron chi connectivity index (χ2n) is 5.86. The minimum atomic E-state index is -1.13. The quantitative estimate of drug-likeness (QED) is 0.608. The highest BCUT2D eigenvalue weighted by Gasteiger charge is 2.60. The van der Waals surface area contributed by atoms with Crippen LogP contribution in [0.5, 0.6) is 0 Å². The van der Waals surface area contributed by atoms with Crippen molar-refractivity contribution >= 4 is 0 Å². The van der Waals surface area contributed by atoms with Crippen molar-refractivity contribution in [2.24, 2.45) is 0 Å². The molecular formula is C13H17N3O3. The maximum atomic E-state index is 11.7. The summed E-state index contributed by atoms with van der Waals surface area (Å²) in [7, 11) is 1.86. The van der Waals surface area contributed by atoms with E-state index in [1.807, 2.05) is 36.2 Å². The van der Waals surface area contributed by atoms with Crippen LogP contribution in [0.2, 0.25) is 0 Å². The van der Waals surface area contributed by atoms with Gasteiger partial charge >= 0.3 is 0 Å².